The first-order chi connectivity index (χ1) is 11.6. The van der Waals surface area contributed by atoms with E-state index in [0.29, 0.717) is 32.1 Å². The third-order valence-corrected chi connectivity index (χ3v) is 5.24. The zero-order chi connectivity index (χ0) is 16.9. The molecule has 5 nitrogen and oxygen atoms in total. The number of hydrogen-bond donors (Lipinski definition) is 0. The summed E-state index contributed by atoms with van der Waals surface area (Å²) in [7, 11) is 2.04. The van der Waals surface area contributed by atoms with Crippen molar-refractivity contribution < 1.29 is 9.59 Å². The van der Waals surface area contributed by atoms with Crippen LogP contribution in [0.3, 0.4) is 0 Å². The van der Waals surface area contributed by atoms with Crippen molar-refractivity contribution in [3.05, 3.63) is 35.9 Å². The Kier molecular flexibility index (Phi) is 5.51. The number of likely N-dealkylation sites (tertiary alicyclic amines) is 1. The number of benzene rings is 1. The number of piperidine rings is 1. The Bertz CT molecular complexity index is 559. The molecule has 130 valence electrons. The predicted octanol–water partition coefficient (Wildman–Crippen LogP) is 1.24. The maximum Gasteiger partial charge on any atom is 0.312 e. The largest absolute Gasteiger partial charge is 0.334 e. The summed E-state index contributed by atoms with van der Waals surface area (Å²) in [6.07, 6.45) is 3.03. The monoisotopic (exact) mass is 329 g/mol. The maximum atomic E-state index is 12.5. The van der Waals surface area contributed by atoms with Gasteiger partial charge >= 0.3 is 11.8 Å². The van der Waals surface area contributed by atoms with Crippen molar-refractivity contribution in [3.63, 3.8) is 0 Å². The lowest BCUT2D eigenvalue weighted by atomic mass is 9.90. The average Bonchev–Trinajstić information content (AvgIpc) is 2.63. The molecule has 0 atom stereocenters. The second-order valence-corrected chi connectivity index (χ2v) is 7.02. The molecule has 1 aromatic carbocycles. The van der Waals surface area contributed by atoms with Crippen LogP contribution in [-0.4, -0.2) is 72.8 Å². The maximum absolute atomic E-state index is 12.5. The molecule has 0 unspecified atom stereocenters. The molecule has 0 radical (unpaired) electrons. The first-order valence-corrected chi connectivity index (χ1v) is 8.94. The molecule has 0 spiro atoms. The van der Waals surface area contributed by atoms with Crippen molar-refractivity contribution in [1.82, 2.24) is 14.7 Å². The van der Waals surface area contributed by atoms with Crippen molar-refractivity contribution in [1.29, 1.82) is 0 Å². The molecular formula is C19H27N3O2. The average molecular weight is 329 g/mol. The standard InChI is InChI=1S/C19H27N3O2/c1-20-11-13-22(14-12-20)19(24)18(23)21-9-7-17(8-10-21)15-16-5-3-2-4-6-16/h2-6,17H,7-15H2,1H3. The van der Waals surface area contributed by atoms with Crippen molar-refractivity contribution in [2.75, 3.05) is 46.3 Å². The summed E-state index contributed by atoms with van der Waals surface area (Å²) in [6.45, 7) is 4.42. The normalized spacial score (nSPS) is 20.2. The van der Waals surface area contributed by atoms with Gasteiger partial charge in [0.15, 0.2) is 0 Å². The molecule has 24 heavy (non-hydrogen) atoms. The van der Waals surface area contributed by atoms with E-state index in [1.165, 1.54) is 5.56 Å². The Labute approximate surface area is 144 Å². The number of amides is 2. The Morgan fingerprint density at radius 1 is 0.875 bits per heavy atom. The van der Waals surface area contributed by atoms with Gasteiger partial charge in [0.2, 0.25) is 0 Å². The molecule has 0 saturated carbocycles. The fraction of sp³-hybridized carbons (Fsp3) is 0.579. The molecule has 0 aromatic heterocycles. The van der Waals surface area contributed by atoms with Crippen LogP contribution < -0.4 is 0 Å². The fourth-order valence-corrected chi connectivity index (χ4v) is 3.57. The number of hydrogen-bond acceptors (Lipinski definition) is 3. The SMILES string of the molecule is CN1CCN(C(=O)C(=O)N2CCC(Cc3ccccc3)CC2)CC1. The highest BCUT2D eigenvalue weighted by Gasteiger charge is 2.31. The third kappa shape index (κ3) is 4.15. The van der Waals surface area contributed by atoms with E-state index in [0.717, 1.165) is 32.4 Å². The zero-order valence-electron chi connectivity index (χ0n) is 14.5. The molecule has 2 heterocycles. The van der Waals surface area contributed by atoms with Crippen molar-refractivity contribution >= 4 is 11.8 Å². The summed E-state index contributed by atoms with van der Waals surface area (Å²) in [5.74, 6) is -0.0162. The minimum absolute atomic E-state index is 0.308. The van der Waals surface area contributed by atoms with Gasteiger partial charge in [0.05, 0.1) is 0 Å². The molecular weight excluding hydrogens is 302 g/mol. The van der Waals surface area contributed by atoms with Crippen molar-refractivity contribution in [3.8, 4) is 0 Å². The van der Waals surface area contributed by atoms with Gasteiger partial charge < -0.3 is 14.7 Å². The Hall–Kier alpha value is -1.88. The van der Waals surface area contributed by atoms with Gasteiger partial charge in [-0.2, -0.15) is 0 Å². The Morgan fingerprint density at radius 2 is 1.42 bits per heavy atom. The van der Waals surface area contributed by atoms with Crippen LogP contribution in [-0.2, 0) is 16.0 Å². The summed E-state index contributed by atoms with van der Waals surface area (Å²) < 4.78 is 0. The number of rotatable bonds is 2. The molecule has 2 aliphatic rings. The summed E-state index contributed by atoms with van der Waals surface area (Å²) in [4.78, 5) is 30.5. The van der Waals surface area contributed by atoms with Crippen LogP contribution >= 0.6 is 0 Å². The molecule has 3 rings (SSSR count). The topological polar surface area (TPSA) is 43.9 Å². The first-order valence-electron chi connectivity index (χ1n) is 8.94. The second kappa shape index (κ2) is 7.79. The van der Waals surface area contributed by atoms with E-state index in [-0.39, 0.29) is 11.8 Å². The molecule has 0 N–H and O–H groups in total. The highest BCUT2D eigenvalue weighted by molar-refractivity contribution is 6.34. The summed E-state index contributed by atoms with van der Waals surface area (Å²) in [5, 5.41) is 0. The van der Waals surface area contributed by atoms with Crippen LogP contribution in [0.15, 0.2) is 30.3 Å². The molecule has 5 heteroatoms. The summed E-state index contributed by atoms with van der Waals surface area (Å²) >= 11 is 0. The Balaban J connectivity index is 1.47. The molecule has 2 saturated heterocycles. The van der Waals surface area contributed by atoms with Gasteiger partial charge in [-0.05, 0) is 37.8 Å². The number of carbonyl (C=O) groups is 2. The van der Waals surface area contributed by atoms with Crippen LogP contribution in [0.1, 0.15) is 18.4 Å². The molecule has 2 fully saturated rings. The van der Waals surface area contributed by atoms with E-state index in [1.807, 2.05) is 13.1 Å². The summed E-state index contributed by atoms with van der Waals surface area (Å²) in [6, 6.07) is 10.5. The highest BCUT2D eigenvalue weighted by Crippen LogP contribution is 2.22. The number of carbonyl (C=O) groups excluding carboxylic acids is 2. The van der Waals surface area contributed by atoms with Gasteiger partial charge in [0.1, 0.15) is 0 Å². The van der Waals surface area contributed by atoms with E-state index >= 15 is 0 Å². The van der Waals surface area contributed by atoms with E-state index in [9.17, 15) is 9.59 Å². The lowest BCUT2D eigenvalue weighted by molar-refractivity contribution is -0.153. The van der Waals surface area contributed by atoms with Crippen LogP contribution in [0.4, 0.5) is 0 Å². The van der Waals surface area contributed by atoms with Crippen molar-refractivity contribution in [2.24, 2.45) is 5.92 Å². The first kappa shape index (κ1) is 17.0. The van der Waals surface area contributed by atoms with Gasteiger partial charge in [0, 0.05) is 39.3 Å². The molecule has 1 aromatic rings. The van der Waals surface area contributed by atoms with E-state index in [1.54, 1.807) is 9.80 Å². The van der Waals surface area contributed by atoms with E-state index in [2.05, 4.69) is 29.2 Å². The van der Waals surface area contributed by atoms with Crippen LogP contribution in [0.2, 0.25) is 0 Å². The van der Waals surface area contributed by atoms with E-state index in [4.69, 9.17) is 0 Å². The Morgan fingerprint density at radius 3 is 2.00 bits per heavy atom. The van der Waals surface area contributed by atoms with Crippen LogP contribution in [0.25, 0.3) is 0 Å². The van der Waals surface area contributed by atoms with Gasteiger partial charge in [-0.3, -0.25) is 9.59 Å². The lowest BCUT2D eigenvalue weighted by Gasteiger charge is -2.35. The molecule has 0 aliphatic carbocycles. The van der Waals surface area contributed by atoms with Crippen LogP contribution in [0, 0.1) is 5.92 Å². The van der Waals surface area contributed by atoms with E-state index < -0.39 is 0 Å². The lowest BCUT2D eigenvalue weighted by Crippen LogP contribution is -2.53. The van der Waals surface area contributed by atoms with Gasteiger partial charge in [-0.25, -0.2) is 0 Å². The quantitative estimate of drug-likeness (QED) is 0.767. The van der Waals surface area contributed by atoms with Crippen LogP contribution in [0.5, 0.6) is 0 Å². The minimum atomic E-state index is -0.315. The number of likely N-dealkylation sites (N-methyl/N-ethyl adjacent to an activating group) is 1. The molecule has 0 bridgehead atoms. The smallest absolute Gasteiger partial charge is 0.312 e. The van der Waals surface area contributed by atoms with Crippen molar-refractivity contribution in [2.45, 2.75) is 19.3 Å². The molecule has 2 amide bonds. The number of nitrogens with zero attached hydrogens (tertiary/aromatic N) is 3. The zero-order valence-corrected chi connectivity index (χ0v) is 14.5. The highest BCUT2D eigenvalue weighted by atomic mass is 16.2. The van der Waals surface area contributed by atoms with Gasteiger partial charge in [-0.1, -0.05) is 30.3 Å². The van der Waals surface area contributed by atoms with Gasteiger partial charge in [0.25, 0.3) is 0 Å². The van der Waals surface area contributed by atoms with Gasteiger partial charge in [-0.15, -0.1) is 0 Å². The third-order valence-electron chi connectivity index (χ3n) is 5.24. The fourth-order valence-electron chi connectivity index (χ4n) is 3.57. The second-order valence-electron chi connectivity index (χ2n) is 7.02. The minimum Gasteiger partial charge on any atom is -0.334 e. The molecule has 2 aliphatic heterocycles. The predicted molar refractivity (Wildman–Crippen MR) is 93.5 cm³/mol. The summed E-state index contributed by atoms with van der Waals surface area (Å²) in [5.41, 5.74) is 1.36. The number of piperazine rings is 1.